The molecule has 1 aliphatic carbocycles. The maximum Gasteiger partial charge on any atom is 0.222 e. The van der Waals surface area contributed by atoms with Crippen LogP contribution in [0.1, 0.15) is 36.0 Å². The average molecular weight is 367 g/mol. The highest BCUT2D eigenvalue weighted by atomic mass is 16.2. The summed E-state index contributed by atoms with van der Waals surface area (Å²) in [4.78, 5) is 16.5. The summed E-state index contributed by atoms with van der Waals surface area (Å²) >= 11 is 0. The molecule has 27 heavy (non-hydrogen) atoms. The Morgan fingerprint density at radius 2 is 2.00 bits per heavy atom. The second kappa shape index (κ2) is 7.12. The van der Waals surface area contributed by atoms with Crippen LogP contribution in [0.2, 0.25) is 0 Å². The van der Waals surface area contributed by atoms with Crippen molar-refractivity contribution in [2.75, 3.05) is 20.6 Å². The summed E-state index contributed by atoms with van der Waals surface area (Å²) in [7, 11) is 4.18. The molecule has 1 amide bonds. The minimum Gasteiger partial charge on any atom is -0.345 e. The number of piperidine rings is 1. The van der Waals surface area contributed by atoms with E-state index in [0.717, 1.165) is 25.9 Å². The fourth-order valence-corrected chi connectivity index (χ4v) is 5.02. The SMILES string of the molecule is Cc1cc(C)c(CN(C)[C@@H]2C[C@@H]3CC(=O)N(C)C[C@@H]3C2)c(-n2cccn2)c1. The van der Waals surface area contributed by atoms with Crippen molar-refractivity contribution in [2.24, 2.45) is 11.8 Å². The number of amides is 1. The molecule has 1 aromatic carbocycles. The summed E-state index contributed by atoms with van der Waals surface area (Å²) in [6, 6.07) is 7.01. The van der Waals surface area contributed by atoms with Crippen molar-refractivity contribution >= 4 is 5.91 Å². The number of carbonyl (C=O) groups is 1. The average Bonchev–Trinajstić information content (AvgIpc) is 3.27. The van der Waals surface area contributed by atoms with Crippen LogP contribution in [0.15, 0.2) is 30.6 Å². The van der Waals surface area contributed by atoms with Crippen molar-refractivity contribution in [1.29, 1.82) is 0 Å². The first kappa shape index (κ1) is 18.2. The molecule has 0 radical (unpaired) electrons. The Kier molecular flexibility index (Phi) is 4.81. The van der Waals surface area contributed by atoms with Gasteiger partial charge in [0.25, 0.3) is 0 Å². The Bertz CT molecular complexity index is 829. The van der Waals surface area contributed by atoms with E-state index in [9.17, 15) is 4.79 Å². The van der Waals surface area contributed by atoms with Gasteiger partial charge in [0.15, 0.2) is 0 Å². The zero-order valence-electron chi connectivity index (χ0n) is 16.9. The van der Waals surface area contributed by atoms with Gasteiger partial charge in [-0.1, -0.05) is 6.07 Å². The third-order valence-electron chi connectivity index (χ3n) is 6.56. The molecule has 3 atom stereocenters. The maximum absolute atomic E-state index is 12.1. The smallest absolute Gasteiger partial charge is 0.222 e. The topological polar surface area (TPSA) is 41.4 Å². The van der Waals surface area contributed by atoms with Crippen molar-refractivity contribution in [3.05, 3.63) is 47.3 Å². The number of hydrogen-bond donors (Lipinski definition) is 0. The summed E-state index contributed by atoms with van der Waals surface area (Å²) < 4.78 is 1.98. The standard InChI is InChI=1S/C22H30N4O/c1-15-8-16(2)20(21(9-15)26-7-5-6-23-26)14-24(3)19-10-17-12-22(27)25(4)13-18(17)11-19/h5-9,17-19H,10-14H2,1-4H3/t17-,18+,19-/m1/s1. The summed E-state index contributed by atoms with van der Waals surface area (Å²) in [6.45, 7) is 6.18. The minimum absolute atomic E-state index is 0.315. The van der Waals surface area contributed by atoms with E-state index >= 15 is 0 Å². The molecular formula is C22H30N4O. The highest BCUT2D eigenvalue weighted by Gasteiger charge is 2.41. The fourth-order valence-electron chi connectivity index (χ4n) is 5.02. The first-order valence-corrected chi connectivity index (χ1v) is 9.96. The first-order valence-electron chi connectivity index (χ1n) is 9.96. The Hall–Kier alpha value is -2.14. The van der Waals surface area contributed by atoms with E-state index in [-0.39, 0.29) is 0 Å². The molecule has 0 bridgehead atoms. The molecule has 5 nitrogen and oxygen atoms in total. The van der Waals surface area contributed by atoms with Crippen molar-refractivity contribution < 1.29 is 4.79 Å². The molecular weight excluding hydrogens is 336 g/mol. The molecule has 2 aromatic rings. The van der Waals surface area contributed by atoms with Crippen molar-refractivity contribution in [1.82, 2.24) is 19.6 Å². The van der Waals surface area contributed by atoms with Crippen LogP contribution in [0.5, 0.6) is 0 Å². The summed E-state index contributed by atoms with van der Waals surface area (Å²) in [6.07, 6.45) is 6.92. The lowest BCUT2D eigenvalue weighted by Gasteiger charge is -2.31. The largest absolute Gasteiger partial charge is 0.345 e. The summed E-state index contributed by atoms with van der Waals surface area (Å²) in [5.74, 6) is 1.53. The van der Waals surface area contributed by atoms with E-state index in [1.807, 2.05) is 35.1 Å². The molecule has 2 fully saturated rings. The van der Waals surface area contributed by atoms with Gasteiger partial charge in [-0.25, -0.2) is 4.68 Å². The Morgan fingerprint density at radius 3 is 2.74 bits per heavy atom. The molecule has 2 aliphatic rings. The second-order valence-electron chi connectivity index (χ2n) is 8.57. The van der Waals surface area contributed by atoms with Gasteiger partial charge in [0.2, 0.25) is 5.91 Å². The third-order valence-corrected chi connectivity index (χ3v) is 6.56. The van der Waals surface area contributed by atoms with Crippen LogP contribution in [0.25, 0.3) is 5.69 Å². The van der Waals surface area contributed by atoms with Gasteiger partial charge in [-0.3, -0.25) is 9.69 Å². The molecule has 0 spiro atoms. The third kappa shape index (κ3) is 3.53. The molecule has 5 heteroatoms. The molecule has 144 valence electrons. The molecule has 0 N–H and O–H groups in total. The normalized spacial score (nSPS) is 25.3. The molecule has 1 aliphatic heterocycles. The number of hydrogen-bond acceptors (Lipinski definition) is 3. The lowest BCUT2D eigenvalue weighted by Crippen LogP contribution is -2.39. The van der Waals surface area contributed by atoms with Gasteiger partial charge in [-0.15, -0.1) is 0 Å². The van der Waals surface area contributed by atoms with E-state index in [1.165, 1.54) is 28.8 Å². The number of benzene rings is 1. The molecule has 0 unspecified atom stereocenters. The second-order valence-corrected chi connectivity index (χ2v) is 8.57. The van der Waals surface area contributed by atoms with Gasteiger partial charge < -0.3 is 4.90 Å². The van der Waals surface area contributed by atoms with E-state index in [4.69, 9.17) is 0 Å². The molecule has 1 aromatic heterocycles. The fraction of sp³-hybridized carbons (Fsp3) is 0.545. The Morgan fingerprint density at radius 1 is 1.22 bits per heavy atom. The lowest BCUT2D eigenvalue weighted by atomic mass is 9.88. The lowest BCUT2D eigenvalue weighted by molar-refractivity contribution is -0.134. The monoisotopic (exact) mass is 366 g/mol. The Balaban J connectivity index is 1.54. The van der Waals surface area contributed by atoms with Crippen molar-refractivity contribution in [2.45, 2.75) is 45.7 Å². The predicted octanol–water partition coefficient (Wildman–Crippen LogP) is 3.18. The molecule has 1 saturated carbocycles. The highest BCUT2D eigenvalue weighted by Crippen LogP contribution is 2.40. The Labute approximate surface area is 162 Å². The molecule has 2 heterocycles. The number of aromatic nitrogens is 2. The van der Waals surface area contributed by atoms with Crippen LogP contribution in [0.3, 0.4) is 0 Å². The van der Waals surface area contributed by atoms with E-state index in [2.05, 4.69) is 43.0 Å². The predicted molar refractivity (Wildman–Crippen MR) is 107 cm³/mol. The quantitative estimate of drug-likeness (QED) is 0.835. The number of rotatable bonds is 4. The van der Waals surface area contributed by atoms with Gasteiger partial charge in [0, 0.05) is 45.0 Å². The zero-order chi connectivity index (χ0) is 19.1. The van der Waals surface area contributed by atoms with Gasteiger partial charge in [0.1, 0.15) is 0 Å². The van der Waals surface area contributed by atoms with E-state index in [0.29, 0.717) is 23.8 Å². The number of likely N-dealkylation sites (tertiary alicyclic amines) is 1. The number of fused-ring (bicyclic) bond motifs is 1. The van der Waals surface area contributed by atoms with Crippen LogP contribution in [0, 0.1) is 25.7 Å². The van der Waals surface area contributed by atoms with Crippen LogP contribution in [-0.2, 0) is 11.3 Å². The van der Waals surface area contributed by atoms with Crippen LogP contribution >= 0.6 is 0 Å². The van der Waals surface area contributed by atoms with E-state index in [1.54, 1.807) is 0 Å². The number of nitrogens with zero attached hydrogens (tertiary/aromatic N) is 4. The minimum atomic E-state index is 0.315. The van der Waals surface area contributed by atoms with Gasteiger partial charge in [0.05, 0.1) is 5.69 Å². The van der Waals surface area contributed by atoms with Gasteiger partial charge >= 0.3 is 0 Å². The van der Waals surface area contributed by atoms with Crippen molar-refractivity contribution in [3.63, 3.8) is 0 Å². The molecule has 1 saturated heterocycles. The maximum atomic E-state index is 12.1. The van der Waals surface area contributed by atoms with E-state index < -0.39 is 0 Å². The number of aryl methyl sites for hydroxylation is 2. The highest BCUT2D eigenvalue weighted by molar-refractivity contribution is 5.77. The van der Waals surface area contributed by atoms with Gasteiger partial charge in [-0.2, -0.15) is 5.10 Å². The van der Waals surface area contributed by atoms with Crippen LogP contribution < -0.4 is 0 Å². The first-order chi connectivity index (χ1) is 12.9. The zero-order valence-corrected chi connectivity index (χ0v) is 16.9. The molecule has 4 rings (SSSR count). The van der Waals surface area contributed by atoms with Crippen LogP contribution in [-0.4, -0.2) is 52.2 Å². The van der Waals surface area contributed by atoms with Crippen molar-refractivity contribution in [3.8, 4) is 5.69 Å². The number of carbonyl (C=O) groups excluding carboxylic acids is 1. The summed E-state index contributed by atoms with van der Waals surface area (Å²) in [5.41, 5.74) is 5.10. The van der Waals surface area contributed by atoms with Crippen LogP contribution in [0.4, 0.5) is 0 Å². The summed E-state index contributed by atoms with van der Waals surface area (Å²) in [5, 5.41) is 4.46. The van der Waals surface area contributed by atoms with Gasteiger partial charge in [-0.05, 0) is 74.4 Å².